The number of rotatable bonds is 7. The molecule has 6 heteroatoms. The lowest BCUT2D eigenvalue weighted by atomic mass is 9.85. The number of hydrogen-bond donors (Lipinski definition) is 0. The average Bonchev–Trinajstić information content (AvgIpc) is 3.07. The van der Waals surface area contributed by atoms with Gasteiger partial charge in [-0.1, -0.05) is 19.1 Å². The minimum atomic E-state index is -0.912. The van der Waals surface area contributed by atoms with Crippen LogP contribution in [0.5, 0.6) is 0 Å². The van der Waals surface area contributed by atoms with E-state index in [1.165, 1.54) is 30.5 Å². The van der Waals surface area contributed by atoms with E-state index in [4.69, 9.17) is 0 Å². The minimum absolute atomic E-state index is 0.449. The fraction of sp³-hybridized carbons (Fsp3) is 0.571. The van der Waals surface area contributed by atoms with Crippen molar-refractivity contribution in [3.8, 4) is 0 Å². The van der Waals surface area contributed by atoms with Gasteiger partial charge >= 0.3 is 0 Å². The second kappa shape index (κ2) is 9.13. The summed E-state index contributed by atoms with van der Waals surface area (Å²) in [7, 11) is 3.29. The summed E-state index contributed by atoms with van der Waals surface area (Å²) in [6.07, 6.45) is 8.46. The van der Waals surface area contributed by atoms with Crippen LogP contribution in [-0.2, 0) is 24.4 Å². The van der Waals surface area contributed by atoms with E-state index in [0.29, 0.717) is 12.0 Å². The second-order valence-corrected chi connectivity index (χ2v) is 9.10. The zero-order valence-corrected chi connectivity index (χ0v) is 17.8. The molecule has 3 atom stereocenters. The number of aromatic nitrogens is 2. The summed E-state index contributed by atoms with van der Waals surface area (Å²) in [5.74, 6) is 0.607. The third kappa shape index (κ3) is 5.06. The second-order valence-electron chi connectivity index (χ2n) is 7.72. The highest BCUT2D eigenvalue weighted by atomic mass is 32.2. The topological polar surface area (TPSA) is 41.4 Å². The number of hydrogen-bond acceptors (Lipinski definition) is 4. The molecule has 2 heterocycles. The molecule has 2 aromatic rings. The molecule has 148 valence electrons. The van der Waals surface area contributed by atoms with E-state index in [0.717, 1.165) is 24.5 Å². The number of aryl methyl sites for hydroxylation is 1. The molecule has 1 saturated heterocycles. The highest BCUT2D eigenvalue weighted by Crippen LogP contribution is 2.36. The fourth-order valence-electron chi connectivity index (χ4n) is 4.34. The molecule has 1 aromatic carbocycles. The van der Waals surface area contributed by atoms with Gasteiger partial charge in [-0.3, -0.25) is 13.8 Å². The van der Waals surface area contributed by atoms with E-state index in [-0.39, 0.29) is 0 Å². The highest BCUT2D eigenvalue weighted by Gasteiger charge is 2.33. The Labute approximate surface area is 165 Å². The van der Waals surface area contributed by atoms with Gasteiger partial charge in [0.15, 0.2) is 0 Å². The first-order valence-corrected chi connectivity index (χ1v) is 11.4. The van der Waals surface area contributed by atoms with Crippen LogP contribution in [0.1, 0.15) is 36.9 Å². The van der Waals surface area contributed by atoms with Crippen LogP contribution in [0.4, 0.5) is 0 Å². The lowest BCUT2D eigenvalue weighted by molar-refractivity contribution is 0.0749. The van der Waals surface area contributed by atoms with Crippen molar-refractivity contribution in [1.82, 2.24) is 19.6 Å². The van der Waals surface area contributed by atoms with Crippen LogP contribution in [0.25, 0.3) is 0 Å². The maximum atomic E-state index is 11.6. The van der Waals surface area contributed by atoms with Gasteiger partial charge in [-0.25, -0.2) is 0 Å². The molecule has 0 bridgehead atoms. The first-order valence-electron chi connectivity index (χ1n) is 9.81. The van der Waals surface area contributed by atoms with Gasteiger partial charge in [0.1, 0.15) is 0 Å². The quantitative estimate of drug-likeness (QED) is 0.731. The summed E-state index contributed by atoms with van der Waals surface area (Å²) >= 11 is 0. The predicted octanol–water partition coefficient (Wildman–Crippen LogP) is 3.06. The SMILES string of the molecule is CCN1CCC[C@@H](CN(C)Cc2ccc(S(C)=O)cc2)[C@@H]1c1cnn(C)c1. The van der Waals surface area contributed by atoms with E-state index in [1.54, 1.807) is 6.26 Å². The molecule has 0 saturated carbocycles. The molecule has 27 heavy (non-hydrogen) atoms. The largest absolute Gasteiger partial charge is 0.302 e. The summed E-state index contributed by atoms with van der Waals surface area (Å²) in [4.78, 5) is 5.92. The van der Waals surface area contributed by atoms with E-state index in [9.17, 15) is 4.21 Å². The lowest BCUT2D eigenvalue weighted by Crippen LogP contribution is -2.42. The molecule has 1 fully saturated rings. The van der Waals surface area contributed by atoms with Crippen molar-refractivity contribution in [3.63, 3.8) is 0 Å². The first kappa shape index (κ1) is 20.2. The Kier molecular flexibility index (Phi) is 6.84. The predicted molar refractivity (Wildman–Crippen MR) is 111 cm³/mol. The Balaban J connectivity index is 1.68. The van der Waals surface area contributed by atoms with Gasteiger partial charge in [0.2, 0.25) is 0 Å². The van der Waals surface area contributed by atoms with Gasteiger partial charge in [0, 0.05) is 59.9 Å². The molecule has 1 aliphatic rings. The molecular formula is C21H32N4OS. The van der Waals surface area contributed by atoms with Crippen molar-refractivity contribution in [3.05, 3.63) is 47.8 Å². The molecule has 0 aliphatic carbocycles. The van der Waals surface area contributed by atoms with Crippen molar-refractivity contribution in [2.24, 2.45) is 13.0 Å². The van der Waals surface area contributed by atoms with E-state index < -0.39 is 10.8 Å². The molecular weight excluding hydrogens is 356 g/mol. The summed E-state index contributed by atoms with van der Waals surface area (Å²) in [5, 5.41) is 4.42. The lowest BCUT2D eigenvalue weighted by Gasteiger charge is -2.42. The average molecular weight is 389 g/mol. The van der Waals surface area contributed by atoms with Crippen molar-refractivity contribution in [2.45, 2.75) is 37.2 Å². The Morgan fingerprint density at radius 3 is 2.63 bits per heavy atom. The number of piperidine rings is 1. The Morgan fingerprint density at radius 2 is 2.04 bits per heavy atom. The minimum Gasteiger partial charge on any atom is -0.302 e. The third-order valence-electron chi connectivity index (χ3n) is 5.59. The Bertz CT molecular complexity index is 758. The fourth-order valence-corrected chi connectivity index (χ4v) is 4.86. The zero-order valence-electron chi connectivity index (χ0n) is 17.0. The van der Waals surface area contributed by atoms with Crippen LogP contribution in [-0.4, -0.2) is 56.7 Å². The van der Waals surface area contributed by atoms with Gasteiger partial charge in [-0.2, -0.15) is 5.10 Å². The van der Waals surface area contributed by atoms with E-state index in [2.05, 4.69) is 47.2 Å². The molecule has 5 nitrogen and oxygen atoms in total. The van der Waals surface area contributed by atoms with Gasteiger partial charge in [-0.05, 0) is 56.6 Å². The standard InChI is InChI=1S/C21H32N4OS/c1-5-25-12-6-7-18(21(25)19-13-22-24(3)16-19)15-23(2)14-17-8-10-20(11-9-17)27(4)26/h8-11,13,16,18,21H,5-7,12,14-15H2,1-4H3/t18-,21+,27?/m0/s1. The summed E-state index contributed by atoms with van der Waals surface area (Å²) < 4.78 is 13.5. The zero-order chi connectivity index (χ0) is 19.4. The first-order chi connectivity index (χ1) is 13.0. The number of nitrogens with zero attached hydrogens (tertiary/aromatic N) is 4. The number of benzene rings is 1. The Hall–Kier alpha value is -1.50. The van der Waals surface area contributed by atoms with Gasteiger partial charge < -0.3 is 4.90 Å². The van der Waals surface area contributed by atoms with Crippen LogP contribution < -0.4 is 0 Å². The molecule has 0 spiro atoms. The third-order valence-corrected chi connectivity index (χ3v) is 6.52. The monoisotopic (exact) mass is 388 g/mol. The van der Waals surface area contributed by atoms with Gasteiger partial charge in [0.05, 0.1) is 6.20 Å². The van der Waals surface area contributed by atoms with Crippen LogP contribution in [0, 0.1) is 5.92 Å². The van der Waals surface area contributed by atoms with Crippen molar-refractivity contribution in [1.29, 1.82) is 0 Å². The van der Waals surface area contributed by atoms with Crippen LogP contribution >= 0.6 is 0 Å². The number of likely N-dealkylation sites (tertiary alicyclic amines) is 1. The normalized spacial score (nSPS) is 22.3. The Morgan fingerprint density at radius 1 is 1.30 bits per heavy atom. The summed E-state index contributed by atoms with van der Waals surface area (Å²) in [6, 6.07) is 8.62. The van der Waals surface area contributed by atoms with Crippen molar-refractivity contribution >= 4 is 10.8 Å². The molecule has 1 aliphatic heterocycles. The van der Waals surface area contributed by atoms with Crippen LogP contribution in [0.15, 0.2) is 41.6 Å². The molecule has 1 aromatic heterocycles. The molecule has 0 N–H and O–H groups in total. The molecule has 3 rings (SSSR count). The van der Waals surface area contributed by atoms with Crippen LogP contribution in [0.2, 0.25) is 0 Å². The maximum Gasteiger partial charge on any atom is 0.0537 e. The van der Waals surface area contributed by atoms with Crippen LogP contribution in [0.3, 0.4) is 0 Å². The van der Waals surface area contributed by atoms with Gasteiger partial charge in [0.25, 0.3) is 0 Å². The van der Waals surface area contributed by atoms with Crippen molar-refractivity contribution in [2.75, 3.05) is 32.9 Å². The van der Waals surface area contributed by atoms with Gasteiger partial charge in [-0.15, -0.1) is 0 Å². The highest BCUT2D eigenvalue weighted by molar-refractivity contribution is 7.84. The van der Waals surface area contributed by atoms with E-state index >= 15 is 0 Å². The summed E-state index contributed by atoms with van der Waals surface area (Å²) in [5.41, 5.74) is 2.61. The summed E-state index contributed by atoms with van der Waals surface area (Å²) in [6.45, 7) is 6.49. The van der Waals surface area contributed by atoms with E-state index in [1.807, 2.05) is 30.1 Å². The smallest absolute Gasteiger partial charge is 0.0537 e. The molecule has 1 unspecified atom stereocenters. The molecule has 0 amide bonds. The van der Waals surface area contributed by atoms with Crippen molar-refractivity contribution < 1.29 is 4.21 Å². The molecule has 0 radical (unpaired) electrons. The maximum absolute atomic E-state index is 11.6.